The van der Waals surface area contributed by atoms with Gasteiger partial charge in [0.15, 0.2) is 0 Å². The minimum absolute atomic E-state index is 0.104. The largest absolute Gasteiger partial charge is 0.481 e. The van der Waals surface area contributed by atoms with Crippen molar-refractivity contribution in [3.8, 4) is 0 Å². The van der Waals surface area contributed by atoms with Crippen LogP contribution in [0.15, 0.2) is 0 Å². The van der Waals surface area contributed by atoms with E-state index in [0.29, 0.717) is 25.9 Å². The lowest BCUT2D eigenvalue weighted by Crippen LogP contribution is -2.44. The van der Waals surface area contributed by atoms with Gasteiger partial charge in [-0.05, 0) is 25.7 Å². The van der Waals surface area contributed by atoms with Gasteiger partial charge < -0.3 is 20.3 Å². The van der Waals surface area contributed by atoms with Crippen LogP contribution in [-0.4, -0.2) is 48.0 Å². The lowest BCUT2D eigenvalue weighted by Gasteiger charge is -2.25. The molecule has 1 aliphatic carbocycles. The summed E-state index contributed by atoms with van der Waals surface area (Å²) in [6.07, 6.45) is 1.53. The molecular formula is C14H25NO5. The maximum atomic E-state index is 12.1. The Kier molecular flexibility index (Phi) is 5.95. The topological polar surface area (TPSA) is 95.9 Å². The van der Waals surface area contributed by atoms with E-state index in [1.54, 1.807) is 14.0 Å². The van der Waals surface area contributed by atoms with E-state index in [1.165, 1.54) is 0 Å². The van der Waals surface area contributed by atoms with Crippen LogP contribution < -0.4 is 5.32 Å². The van der Waals surface area contributed by atoms with Gasteiger partial charge in [0, 0.05) is 26.7 Å². The number of rotatable bonds is 7. The zero-order valence-electron chi connectivity index (χ0n) is 12.4. The average molecular weight is 287 g/mol. The van der Waals surface area contributed by atoms with Gasteiger partial charge in [-0.2, -0.15) is 0 Å². The molecule has 0 aliphatic heterocycles. The number of amides is 1. The van der Waals surface area contributed by atoms with Crippen molar-refractivity contribution in [1.29, 1.82) is 0 Å². The van der Waals surface area contributed by atoms with E-state index in [-0.39, 0.29) is 18.4 Å². The maximum absolute atomic E-state index is 12.1. The standard InChI is InChI=1S/C14H25NO5/c1-9-6-10(11(7-9)13(17)18)12(16)15-8-14(2,19)4-5-20-3/h9-11,19H,4-8H2,1-3H3,(H,15,16)(H,17,18)/t9?,10-,11+,14?/m0/s1. The highest BCUT2D eigenvalue weighted by molar-refractivity contribution is 5.85. The molecule has 1 aliphatic rings. The number of ether oxygens (including phenoxy) is 1. The summed E-state index contributed by atoms with van der Waals surface area (Å²) in [5.41, 5.74) is -1.05. The Morgan fingerprint density at radius 2 is 1.95 bits per heavy atom. The minimum Gasteiger partial charge on any atom is -0.481 e. The molecule has 20 heavy (non-hydrogen) atoms. The number of carboxylic acid groups (broad SMARTS) is 1. The molecule has 0 bridgehead atoms. The van der Waals surface area contributed by atoms with Gasteiger partial charge in [0.1, 0.15) is 0 Å². The Labute approximate surface area is 119 Å². The van der Waals surface area contributed by atoms with Gasteiger partial charge in [0.25, 0.3) is 0 Å². The smallest absolute Gasteiger partial charge is 0.307 e. The fourth-order valence-corrected chi connectivity index (χ4v) is 2.67. The fraction of sp³-hybridized carbons (Fsp3) is 0.857. The molecule has 1 saturated carbocycles. The molecule has 1 amide bonds. The van der Waals surface area contributed by atoms with Gasteiger partial charge in [-0.1, -0.05) is 6.92 Å². The molecule has 0 aromatic rings. The summed E-state index contributed by atoms with van der Waals surface area (Å²) >= 11 is 0. The summed E-state index contributed by atoms with van der Waals surface area (Å²) in [5, 5.41) is 21.9. The molecule has 3 N–H and O–H groups in total. The number of carbonyl (C=O) groups is 2. The number of carbonyl (C=O) groups excluding carboxylic acids is 1. The van der Waals surface area contributed by atoms with Crippen LogP contribution in [0.25, 0.3) is 0 Å². The molecule has 1 fully saturated rings. The van der Waals surface area contributed by atoms with Crippen LogP contribution in [0, 0.1) is 17.8 Å². The summed E-state index contributed by atoms with van der Waals surface area (Å²) < 4.78 is 4.90. The number of methoxy groups -OCH3 is 1. The number of aliphatic hydroxyl groups is 1. The highest BCUT2D eigenvalue weighted by Gasteiger charge is 2.41. The predicted octanol–water partition coefficient (Wildman–Crippen LogP) is 0.637. The molecule has 0 aromatic carbocycles. The Bertz CT molecular complexity index is 355. The van der Waals surface area contributed by atoms with Crippen LogP contribution in [0.2, 0.25) is 0 Å². The average Bonchev–Trinajstić information content (AvgIpc) is 2.76. The monoisotopic (exact) mass is 287 g/mol. The summed E-state index contributed by atoms with van der Waals surface area (Å²) in [6, 6.07) is 0. The predicted molar refractivity (Wildman–Crippen MR) is 73.1 cm³/mol. The molecule has 0 spiro atoms. The third-order valence-corrected chi connectivity index (χ3v) is 3.94. The van der Waals surface area contributed by atoms with Crippen molar-refractivity contribution >= 4 is 11.9 Å². The van der Waals surface area contributed by atoms with Crippen LogP contribution in [-0.2, 0) is 14.3 Å². The number of carboxylic acids is 1. The summed E-state index contributed by atoms with van der Waals surface area (Å²) in [5.74, 6) is -2.07. The van der Waals surface area contributed by atoms with E-state index in [9.17, 15) is 14.7 Å². The third kappa shape index (κ3) is 4.76. The number of hydrogen-bond acceptors (Lipinski definition) is 4. The van der Waals surface area contributed by atoms with Crippen LogP contribution in [0.1, 0.15) is 33.1 Å². The SMILES string of the molecule is COCCC(C)(O)CNC(=O)[C@H]1CC(C)C[C@H]1C(=O)O. The lowest BCUT2D eigenvalue weighted by atomic mass is 9.94. The second kappa shape index (κ2) is 7.04. The van der Waals surface area contributed by atoms with Crippen LogP contribution in [0.3, 0.4) is 0 Å². The van der Waals surface area contributed by atoms with Gasteiger partial charge >= 0.3 is 5.97 Å². The number of aliphatic carboxylic acids is 1. The summed E-state index contributed by atoms with van der Waals surface area (Å²) in [6.45, 7) is 4.09. The first-order chi connectivity index (χ1) is 9.26. The van der Waals surface area contributed by atoms with Crippen molar-refractivity contribution in [2.45, 2.75) is 38.7 Å². The summed E-state index contributed by atoms with van der Waals surface area (Å²) in [4.78, 5) is 23.3. The Hall–Kier alpha value is -1.14. The van der Waals surface area contributed by atoms with E-state index < -0.39 is 23.4 Å². The zero-order valence-corrected chi connectivity index (χ0v) is 12.4. The molecule has 0 aromatic heterocycles. The van der Waals surface area contributed by atoms with Gasteiger partial charge in [0.05, 0.1) is 17.4 Å². The van der Waals surface area contributed by atoms with E-state index in [4.69, 9.17) is 9.84 Å². The quantitative estimate of drug-likeness (QED) is 0.638. The van der Waals surface area contributed by atoms with Gasteiger partial charge in [-0.3, -0.25) is 9.59 Å². The van der Waals surface area contributed by atoms with Crippen molar-refractivity contribution in [3.05, 3.63) is 0 Å². The van der Waals surface area contributed by atoms with E-state index in [0.717, 1.165) is 0 Å². The number of nitrogens with one attached hydrogen (secondary N) is 1. The van der Waals surface area contributed by atoms with E-state index in [2.05, 4.69) is 5.32 Å². The van der Waals surface area contributed by atoms with Crippen LogP contribution in [0.4, 0.5) is 0 Å². The molecule has 6 nitrogen and oxygen atoms in total. The molecule has 0 radical (unpaired) electrons. The lowest BCUT2D eigenvalue weighted by molar-refractivity contribution is -0.146. The van der Waals surface area contributed by atoms with Gasteiger partial charge in [-0.15, -0.1) is 0 Å². The molecule has 1 rings (SSSR count). The minimum atomic E-state index is -1.05. The first-order valence-corrected chi connectivity index (χ1v) is 6.98. The van der Waals surface area contributed by atoms with Crippen molar-refractivity contribution < 1.29 is 24.5 Å². The van der Waals surface area contributed by atoms with Crippen LogP contribution in [0.5, 0.6) is 0 Å². The second-order valence-electron chi connectivity index (χ2n) is 6.09. The maximum Gasteiger partial charge on any atom is 0.307 e. The first-order valence-electron chi connectivity index (χ1n) is 6.98. The molecule has 6 heteroatoms. The van der Waals surface area contributed by atoms with Crippen molar-refractivity contribution in [3.63, 3.8) is 0 Å². The normalized spacial score (nSPS) is 28.9. The van der Waals surface area contributed by atoms with Crippen molar-refractivity contribution in [2.75, 3.05) is 20.3 Å². The second-order valence-corrected chi connectivity index (χ2v) is 6.09. The van der Waals surface area contributed by atoms with Crippen LogP contribution >= 0.6 is 0 Å². The molecule has 4 atom stereocenters. The first kappa shape index (κ1) is 16.9. The van der Waals surface area contributed by atoms with Gasteiger partial charge in [-0.25, -0.2) is 0 Å². The van der Waals surface area contributed by atoms with Crippen molar-refractivity contribution in [2.24, 2.45) is 17.8 Å². The Morgan fingerprint density at radius 3 is 2.50 bits per heavy atom. The third-order valence-electron chi connectivity index (χ3n) is 3.94. The molecule has 0 heterocycles. The van der Waals surface area contributed by atoms with E-state index >= 15 is 0 Å². The molecule has 0 saturated heterocycles. The fourth-order valence-electron chi connectivity index (χ4n) is 2.67. The highest BCUT2D eigenvalue weighted by Crippen LogP contribution is 2.36. The number of hydrogen-bond donors (Lipinski definition) is 3. The Balaban J connectivity index is 2.51. The zero-order chi connectivity index (χ0) is 15.3. The van der Waals surface area contributed by atoms with Gasteiger partial charge in [0.2, 0.25) is 5.91 Å². The van der Waals surface area contributed by atoms with E-state index in [1.807, 2.05) is 6.92 Å². The van der Waals surface area contributed by atoms with Crippen molar-refractivity contribution in [1.82, 2.24) is 5.32 Å². The molecular weight excluding hydrogens is 262 g/mol. The Morgan fingerprint density at radius 1 is 1.35 bits per heavy atom. The highest BCUT2D eigenvalue weighted by atomic mass is 16.5. The molecule has 116 valence electrons. The molecule has 2 unspecified atom stereocenters. The summed E-state index contributed by atoms with van der Waals surface area (Å²) in [7, 11) is 1.55.